The van der Waals surface area contributed by atoms with Crippen LogP contribution in [-0.2, 0) is 34.9 Å². The quantitative estimate of drug-likeness (QED) is 0.539. The third kappa shape index (κ3) is 8.83. The molecule has 6 heteroatoms. The summed E-state index contributed by atoms with van der Waals surface area (Å²) < 4.78 is 0. The molecule has 0 saturated carbocycles. The van der Waals surface area contributed by atoms with Crippen molar-refractivity contribution in [2.45, 2.75) is 0 Å². The summed E-state index contributed by atoms with van der Waals surface area (Å²) in [4.78, 5) is 0. The van der Waals surface area contributed by atoms with Gasteiger partial charge in [0.1, 0.15) is 0 Å². The summed E-state index contributed by atoms with van der Waals surface area (Å²) in [6, 6.07) is 0. The van der Waals surface area contributed by atoms with Crippen LogP contribution in [0, 0.1) is 0 Å². The second-order valence-electron chi connectivity index (χ2n) is 0.217. The molecule has 0 radical (unpaired) electrons. The van der Waals surface area contributed by atoms with Gasteiger partial charge < -0.3 is 0 Å². The Morgan fingerprint density at radius 1 is 1.00 bits per heavy atom. The summed E-state index contributed by atoms with van der Waals surface area (Å²) in [5, 5.41) is 22.5. The SMILES string of the molecule is OOOOO.[Os]. The Balaban J connectivity index is 0. The van der Waals surface area contributed by atoms with E-state index in [-0.39, 0.29) is 19.8 Å². The van der Waals surface area contributed by atoms with Gasteiger partial charge in [-0.25, -0.2) is 10.5 Å². The summed E-state index contributed by atoms with van der Waals surface area (Å²) in [5.74, 6) is 0. The number of hydrogen-bond acceptors (Lipinski definition) is 5. The van der Waals surface area contributed by atoms with Gasteiger partial charge in [-0.3, -0.25) is 0 Å². The van der Waals surface area contributed by atoms with Crippen molar-refractivity contribution in [1.82, 2.24) is 0 Å². The average Bonchev–Trinajstić information content (AvgIpc) is 1.41. The summed E-state index contributed by atoms with van der Waals surface area (Å²) >= 11 is 0. The molecule has 0 amide bonds. The van der Waals surface area contributed by atoms with Crippen LogP contribution in [0.25, 0.3) is 0 Å². The molecule has 0 spiro atoms. The molecular weight excluding hydrogens is 270 g/mol. The van der Waals surface area contributed by atoms with Crippen LogP contribution in [0.4, 0.5) is 0 Å². The molecule has 0 fully saturated rings. The molecule has 0 aliphatic rings. The molecule has 0 atom stereocenters. The fraction of sp³-hybridized carbons (Fsp3) is 0. The maximum atomic E-state index is 7.06. The van der Waals surface area contributed by atoms with Crippen LogP contribution in [0.1, 0.15) is 0 Å². The van der Waals surface area contributed by atoms with E-state index >= 15 is 0 Å². The first-order chi connectivity index (χ1) is 2.41. The zero-order chi connectivity index (χ0) is 4.12. The van der Waals surface area contributed by atoms with Crippen LogP contribution in [0.5, 0.6) is 0 Å². The summed E-state index contributed by atoms with van der Waals surface area (Å²) in [6.45, 7) is 0. The molecule has 0 unspecified atom stereocenters. The van der Waals surface area contributed by atoms with E-state index in [1.54, 1.807) is 0 Å². The summed E-state index contributed by atoms with van der Waals surface area (Å²) in [6.07, 6.45) is 0. The van der Waals surface area contributed by atoms with Gasteiger partial charge >= 0.3 is 0 Å². The van der Waals surface area contributed by atoms with Gasteiger partial charge in [0.25, 0.3) is 0 Å². The van der Waals surface area contributed by atoms with Crippen molar-refractivity contribution in [1.29, 1.82) is 0 Å². The fourth-order valence-electron chi connectivity index (χ4n) is 0.0136. The van der Waals surface area contributed by atoms with Gasteiger partial charge in [-0.05, 0) is 15.1 Å². The Bertz CT molecular complexity index is 11.4. The van der Waals surface area contributed by atoms with Crippen LogP contribution in [-0.4, -0.2) is 10.5 Å². The minimum absolute atomic E-state index is 0. The number of rotatable bonds is 2. The molecule has 0 aromatic heterocycles. The molecule has 40 valence electrons. The second kappa shape index (κ2) is 9.06. The van der Waals surface area contributed by atoms with Gasteiger partial charge in [0.15, 0.2) is 0 Å². The van der Waals surface area contributed by atoms with E-state index in [0.29, 0.717) is 0 Å². The monoisotopic (exact) mass is 274 g/mol. The van der Waals surface area contributed by atoms with Gasteiger partial charge in [-0.15, -0.1) is 0 Å². The zero-order valence-electron chi connectivity index (χ0n) is 2.47. The van der Waals surface area contributed by atoms with E-state index in [4.69, 9.17) is 10.5 Å². The van der Waals surface area contributed by atoms with Crippen LogP contribution < -0.4 is 0 Å². The van der Waals surface area contributed by atoms with E-state index in [0.717, 1.165) is 0 Å². The molecule has 0 bridgehead atoms. The first kappa shape index (κ1) is 9.67. The Morgan fingerprint density at radius 3 is 1.33 bits per heavy atom. The Labute approximate surface area is 46.2 Å². The molecule has 0 aliphatic heterocycles. The minimum Gasteiger partial charge on any atom is -0.219 e. The normalized spacial score (nSPS) is 7.00. The average molecular weight is 272 g/mol. The van der Waals surface area contributed by atoms with Gasteiger partial charge in [0, 0.05) is 19.8 Å². The maximum absolute atomic E-state index is 7.06. The minimum atomic E-state index is 0. The van der Waals surface area contributed by atoms with Crippen molar-refractivity contribution >= 4 is 0 Å². The molecule has 0 aromatic carbocycles. The second-order valence-corrected chi connectivity index (χ2v) is 0.217. The van der Waals surface area contributed by atoms with Crippen LogP contribution in [0.3, 0.4) is 0 Å². The summed E-state index contributed by atoms with van der Waals surface area (Å²) in [5.41, 5.74) is 0. The van der Waals surface area contributed by atoms with Crippen molar-refractivity contribution in [3.63, 3.8) is 0 Å². The Hall–Kier alpha value is 0.436. The molecule has 5 nitrogen and oxygen atoms in total. The van der Waals surface area contributed by atoms with Crippen molar-refractivity contribution < 1.29 is 45.4 Å². The van der Waals surface area contributed by atoms with Gasteiger partial charge in [-0.1, -0.05) is 0 Å². The smallest absolute Gasteiger partial charge is 0 e. The number of hydrogen-bond donors (Lipinski definition) is 2. The first-order valence-electron chi connectivity index (χ1n) is 0.698. The molecule has 0 heterocycles. The van der Waals surface area contributed by atoms with Gasteiger partial charge in [0.2, 0.25) is 0 Å². The molecule has 0 aliphatic carbocycles. The fourth-order valence-corrected chi connectivity index (χ4v) is 0.0136. The van der Waals surface area contributed by atoms with Gasteiger partial charge in [-0.2, -0.15) is 0 Å². The summed E-state index contributed by atoms with van der Waals surface area (Å²) in [7, 11) is 0. The van der Waals surface area contributed by atoms with Crippen molar-refractivity contribution in [3.8, 4) is 0 Å². The molecule has 0 rings (SSSR count). The van der Waals surface area contributed by atoms with Crippen molar-refractivity contribution in [3.05, 3.63) is 0 Å². The molecule has 0 aromatic rings. The van der Waals surface area contributed by atoms with E-state index < -0.39 is 0 Å². The largest absolute Gasteiger partial charge is 0.219 e. The van der Waals surface area contributed by atoms with E-state index in [2.05, 4.69) is 15.1 Å². The topological polar surface area (TPSA) is 68.2 Å². The molecule has 0 saturated heterocycles. The van der Waals surface area contributed by atoms with Crippen LogP contribution in [0.15, 0.2) is 0 Å². The van der Waals surface area contributed by atoms with Crippen LogP contribution in [0.2, 0.25) is 0 Å². The first-order valence-corrected chi connectivity index (χ1v) is 0.698. The standard InChI is InChI=1S/H2O5.Os/c1-3-5-4-2;/h1-2H;. The maximum Gasteiger partial charge on any atom is 0 e. The van der Waals surface area contributed by atoms with E-state index in [1.807, 2.05) is 0 Å². The Morgan fingerprint density at radius 2 is 1.33 bits per heavy atom. The predicted molar refractivity (Wildman–Crippen MR) is 8.51 cm³/mol. The third-order valence-electron chi connectivity index (χ3n) is 0.0609. The Kier molecular flexibility index (Phi) is 14.6. The molecular formula is H2O5Os. The zero-order valence-corrected chi connectivity index (χ0v) is 5.01. The third-order valence-corrected chi connectivity index (χ3v) is 0.0609. The van der Waals surface area contributed by atoms with Crippen molar-refractivity contribution in [2.75, 3.05) is 0 Å². The molecule has 2 N–H and O–H groups in total. The van der Waals surface area contributed by atoms with Crippen LogP contribution >= 0.6 is 0 Å². The van der Waals surface area contributed by atoms with Gasteiger partial charge in [0.05, 0.1) is 0 Å². The predicted octanol–water partition coefficient (Wildman–Crippen LogP) is -0.190. The van der Waals surface area contributed by atoms with E-state index in [9.17, 15) is 0 Å². The molecule has 6 heavy (non-hydrogen) atoms. The van der Waals surface area contributed by atoms with Crippen molar-refractivity contribution in [2.24, 2.45) is 0 Å². The van der Waals surface area contributed by atoms with E-state index in [1.165, 1.54) is 0 Å².